The van der Waals surface area contributed by atoms with E-state index in [1.807, 2.05) is 72.4 Å². The number of halogens is 2. The molecule has 3 aromatic carbocycles. The molecule has 33 heavy (non-hydrogen) atoms. The van der Waals surface area contributed by atoms with Gasteiger partial charge in [-0.05, 0) is 58.7 Å². The Balaban J connectivity index is 1.79. The highest BCUT2D eigenvalue weighted by Gasteiger charge is 2.21. The highest BCUT2D eigenvalue weighted by atomic mass is 35.5. The number of hydrogen-bond donors (Lipinski definition) is 0. The van der Waals surface area contributed by atoms with Crippen LogP contribution in [0, 0.1) is 0 Å². The van der Waals surface area contributed by atoms with Crippen LogP contribution in [0.25, 0.3) is 22.0 Å². The number of benzene rings is 3. The SMILES string of the molecule is Cn1cncc1C(c1ccc(Cl)cc1)c1ccc2c(c1)c(-c1cccc(Cl)c1)cc(=O)n2C. The lowest BCUT2D eigenvalue weighted by Crippen LogP contribution is -2.16. The van der Waals surface area contributed by atoms with Gasteiger partial charge in [-0.1, -0.05) is 53.5 Å². The molecule has 0 spiro atoms. The van der Waals surface area contributed by atoms with E-state index in [1.54, 1.807) is 24.0 Å². The highest BCUT2D eigenvalue weighted by molar-refractivity contribution is 6.31. The largest absolute Gasteiger partial charge is 0.337 e. The number of rotatable bonds is 4. The van der Waals surface area contributed by atoms with Crippen LogP contribution in [0.2, 0.25) is 10.0 Å². The predicted molar refractivity (Wildman–Crippen MR) is 135 cm³/mol. The maximum absolute atomic E-state index is 12.7. The molecule has 5 rings (SSSR count). The first-order chi connectivity index (χ1) is 15.9. The zero-order chi connectivity index (χ0) is 23.1. The van der Waals surface area contributed by atoms with Gasteiger partial charge in [-0.25, -0.2) is 4.98 Å². The van der Waals surface area contributed by atoms with Crippen LogP contribution in [0.5, 0.6) is 0 Å². The second kappa shape index (κ2) is 8.54. The summed E-state index contributed by atoms with van der Waals surface area (Å²) in [4.78, 5) is 17.1. The Labute approximate surface area is 201 Å². The highest BCUT2D eigenvalue weighted by Crippen LogP contribution is 2.36. The number of aromatic nitrogens is 3. The molecule has 0 amide bonds. The second-order valence-corrected chi connectivity index (χ2v) is 9.03. The van der Waals surface area contributed by atoms with Gasteiger partial charge in [0.15, 0.2) is 0 Å². The van der Waals surface area contributed by atoms with Crippen LogP contribution in [0.3, 0.4) is 0 Å². The van der Waals surface area contributed by atoms with Gasteiger partial charge in [-0.3, -0.25) is 4.79 Å². The lowest BCUT2D eigenvalue weighted by atomic mass is 9.87. The molecule has 5 aromatic rings. The van der Waals surface area contributed by atoms with E-state index >= 15 is 0 Å². The van der Waals surface area contributed by atoms with Crippen molar-refractivity contribution in [1.82, 2.24) is 14.1 Å². The molecule has 0 aliphatic carbocycles. The molecule has 0 saturated carbocycles. The Morgan fingerprint density at radius 1 is 0.848 bits per heavy atom. The van der Waals surface area contributed by atoms with Crippen molar-refractivity contribution in [3.8, 4) is 11.1 Å². The van der Waals surface area contributed by atoms with Crippen LogP contribution < -0.4 is 5.56 Å². The van der Waals surface area contributed by atoms with Gasteiger partial charge >= 0.3 is 0 Å². The quantitative estimate of drug-likeness (QED) is 0.301. The molecule has 2 heterocycles. The van der Waals surface area contributed by atoms with Gasteiger partial charge in [-0.15, -0.1) is 0 Å². The normalized spacial score (nSPS) is 12.2. The molecule has 1 unspecified atom stereocenters. The van der Waals surface area contributed by atoms with E-state index in [4.69, 9.17) is 23.2 Å². The smallest absolute Gasteiger partial charge is 0.251 e. The van der Waals surface area contributed by atoms with Crippen molar-refractivity contribution < 1.29 is 0 Å². The van der Waals surface area contributed by atoms with Crippen LogP contribution in [-0.2, 0) is 14.1 Å². The number of pyridine rings is 1. The fourth-order valence-electron chi connectivity index (χ4n) is 4.39. The van der Waals surface area contributed by atoms with Gasteiger partial charge in [0.25, 0.3) is 5.56 Å². The molecule has 0 aliphatic heterocycles. The molecule has 0 fully saturated rings. The topological polar surface area (TPSA) is 39.8 Å². The number of fused-ring (bicyclic) bond motifs is 1. The van der Waals surface area contributed by atoms with Gasteiger partial charge in [0.05, 0.1) is 17.8 Å². The van der Waals surface area contributed by atoms with Crippen LogP contribution >= 0.6 is 23.2 Å². The molecule has 164 valence electrons. The summed E-state index contributed by atoms with van der Waals surface area (Å²) in [5, 5.41) is 2.31. The Hall–Kier alpha value is -3.34. The first-order valence-electron chi connectivity index (χ1n) is 10.5. The van der Waals surface area contributed by atoms with Gasteiger partial charge in [0.1, 0.15) is 0 Å². The molecule has 0 N–H and O–H groups in total. The summed E-state index contributed by atoms with van der Waals surface area (Å²) in [6.07, 6.45) is 3.70. The minimum atomic E-state index is -0.0638. The Morgan fingerprint density at radius 3 is 2.30 bits per heavy atom. The molecule has 0 bridgehead atoms. The van der Waals surface area contributed by atoms with Crippen molar-refractivity contribution in [1.29, 1.82) is 0 Å². The maximum atomic E-state index is 12.7. The number of nitrogens with zero attached hydrogens (tertiary/aromatic N) is 3. The minimum Gasteiger partial charge on any atom is -0.337 e. The third-order valence-corrected chi connectivity index (χ3v) is 6.58. The fraction of sp³-hybridized carbons (Fsp3) is 0.111. The fourth-order valence-corrected chi connectivity index (χ4v) is 4.70. The molecule has 0 radical (unpaired) electrons. The summed E-state index contributed by atoms with van der Waals surface area (Å²) in [5.74, 6) is -0.0522. The van der Waals surface area contributed by atoms with Gasteiger partial charge in [0, 0.05) is 47.5 Å². The maximum Gasteiger partial charge on any atom is 0.251 e. The molecule has 6 heteroatoms. The predicted octanol–water partition coefficient (Wildman–Crippen LogP) is 6.43. The van der Waals surface area contributed by atoms with E-state index in [9.17, 15) is 4.79 Å². The standard InChI is InChI=1S/C27H21Cl2N3O/c1-31-16-30-15-25(31)27(17-6-9-20(28)10-7-17)19-8-11-24-23(13-19)22(14-26(33)32(24)2)18-4-3-5-21(29)12-18/h3-16,27H,1-2H3. The molecule has 4 nitrogen and oxygen atoms in total. The van der Waals surface area contributed by atoms with Crippen molar-refractivity contribution in [2.75, 3.05) is 0 Å². The van der Waals surface area contributed by atoms with Gasteiger partial charge in [0.2, 0.25) is 0 Å². The van der Waals surface area contributed by atoms with E-state index in [0.29, 0.717) is 10.0 Å². The first-order valence-corrected chi connectivity index (χ1v) is 11.3. The van der Waals surface area contributed by atoms with Crippen molar-refractivity contribution >= 4 is 34.1 Å². The zero-order valence-corrected chi connectivity index (χ0v) is 19.7. The number of hydrogen-bond acceptors (Lipinski definition) is 2. The molecular formula is C27H21Cl2N3O. The Morgan fingerprint density at radius 2 is 1.61 bits per heavy atom. The van der Waals surface area contributed by atoms with Crippen LogP contribution in [0.4, 0.5) is 0 Å². The second-order valence-electron chi connectivity index (χ2n) is 8.16. The van der Waals surface area contributed by atoms with Crippen LogP contribution in [0.15, 0.2) is 90.1 Å². The van der Waals surface area contributed by atoms with E-state index in [1.165, 1.54) is 0 Å². The van der Waals surface area contributed by atoms with Crippen molar-refractivity contribution in [2.45, 2.75) is 5.92 Å². The summed E-state index contributed by atoms with van der Waals surface area (Å²) in [7, 11) is 3.79. The van der Waals surface area contributed by atoms with Crippen molar-refractivity contribution in [3.63, 3.8) is 0 Å². The minimum absolute atomic E-state index is 0.0522. The van der Waals surface area contributed by atoms with Gasteiger partial charge in [-0.2, -0.15) is 0 Å². The summed E-state index contributed by atoms with van der Waals surface area (Å²) in [6.45, 7) is 0. The monoisotopic (exact) mass is 473 g/mol. The van der Waals surface area contributed by atoms with Crippen molar-refractivity contribution in [2.24, 2.45) is 14.1 Å². The lowest BCUT2D eigenvalue weighted by molar-refractivity contribution is 0.793. The molecule has 0 aliphatic rings. The van der Waals surface area contributed by atoms with E-state index < -0.39 is 0 Å². The van der Waals surface area contributed by atoms with Gasteiger partial charge < -0.3 is 9.13 Å². The third-order valence-electron chi connectivity index (χ3n) is 6.09. The average molecular weight is 474 g/mol. The first kappa shape index (κ1) is 21.5. The zero-order valence-electron chi connectivity index (χ0n) is 18.2. The molecule has 0 saturated heterocycles. The Kier molecular flexibility index (Phi) is 5.57. The number of imidazole rings is 1. The van der Waals surface area contributed by atoms with E-state index in [2.05, 4.69) is 17.1 Å². The number of aryl methyl sites for hydroxylation is 2. The van der Waals surface area contributed by atoms with E-state index in [0.717, 1.165) is 38.9 Å². The summed E-state index contributed by atoms with van der Waals surface area (Å²) < 4.78 is 3.70. The summed E-state index contributed by atoms with van der Waals surface area (Å²) in [6, 6.07) is 23.4. The molecule has 2 aromatic heterocycles. The lowest BCUT2D eigenvalue weighted by Gasteiger charge is -2.20. The summed E-state index contributed by atoms with van der Waals surface area (Å²) >= 11 is 12.4. The Bertz CT molecular complexity index is 1530. The van der Waals surface area contributed by atoms with Crippen LogP contribution in [0.1, 0.15) is 22.7 Å². The van der Waals surface area contributed by atoms with Crippen molar-refractivity contribution in [3.05, 3.63) is 123 Å². The molecule has 1 atom stereocenters. The van der Waals surface area contributed by atoms with Crippen LogP contribution in [-0.4, -0.2) is 14.1 Å². The van der Waals surface area contributed by atoms with E-state index in [-0.39, 0.29) is 11.5 Å². The summed E-state index contributed by atoms with van der Waals surface area (Å²) in [5.41, 5.74) is 5.83. The average Bonchev–Trinajstić information content (AvgIpc) is 3.23. The third kappa shape index (κ3) is 3.97. The molecular weight excluding hydrogens is 453 g/mol.